The Morgan fingerprint density at radius 1 is 1.10 bits per heavy atom. The van der Waals surface area contributed by atoms with Crippen LogP contribution in [0.1, 0.15) is 21.5 Å². The standard InChI is InChI=1S/C23H23FN2O3S/c1-15-6-8-18(13-16(15)2)30-23-19(5-4-10-25-23)22(27)26-17-7-9-21(20(24)14-17)29-12-11-28-3/h4-10,13-14H,11-12H2,1-3H3,(H,26,27). The molecule has 0 radical (unpaired) electrons. The number of methoxy groups -OCH3 is 1. The number of hydrogen-bond donors (Lipinski definition) is 1. The molecule has 0 fully saturated rings. The van der Waals surface area contributed by atoms with Crippen molar-refractivity contribution in [2.24, 2.45) is 0 Å². The normalized spacial score (nSPS) is 10.7. The fourth-order valence-electron chi connectivity index (χ4n) is 2.66. The maximum absolute atomic E-state index is 14.2. The SMILES string of the molecule is COCCOc1ccc(NC(=O)c2cccnc2Sc2ccc(C)c(C)c2)cc1F. The summed E-state index contributed by atoms with van der Waals surface area (Å²) in [5, 5.41) is 3.31. The van der Waals surface area contributed by atoms with E-state index in [0.29, 0.717) is 22.9 Å². The van der Waals surface area contributed by atoms with E-state index < -0.39 is 5.82 Å². The van der Waals surface area contributed by atoms with E-state index in [1.807, 2.05) is 19.1 Å². The lowest BCUT2D eigenvalue weighted by molar-refractivity contribution is 0.102. The minimum absolute atomic E-state index is 0.109. The third-order valence-corrected chi connectivity index (χ3v) is 5.45. The molecule has 0 saturated heterocycles. The Morgan fingerprint density at radius 3 is 2.67 bits per heavy atom. The summed E-state index contributed by atoms with van der Waals surface area (Å²) in [6.45, 7) is 4.70. The summed E-state index contributed by atoms with van der Waals surface area (Å²) in [4.78, 5) is 18.2. The molecule has 1 aromatic heterocycles. The van der Waals surface area contributed by atoms with Gasteiger partial charge in [0.25, 0.3) is 5.91 Å². The van der Waals surface area contributed by atoms with Crippen LogP contribution in [-0.4, -0.2) is 31.2 Å². The first-order valence-electron chi connectivity index (χ1n) is 9.40. The van der Waals surface area contributed by atoms with E-state index in [2.05, 4.69) is 23.3 Å². The number of carbonyl (C=O) groups is 1. The molecule has 0 unspecified atom stereocenters. The largest absolute Gasteiger partial charge is 0.488 e. The number of pyridine rings is 1. The van der Waals surface area contributed by atoms with E-state index in [0.717, 1.165) is 4.90 Å². The number of halogens is 1. The molecule has 0 saturated carbocycles. The van der Waals surface area contributed by atoms with Gasteiger partial charge in [0.2, 0.25) is 0 Å². The van der Waals surface area contributed by atoms with Crippen LogP contribution in [0.3, 0.4) is 0 Å². The van der Waals surface area contributed by atoms with Crippen molar-refractivity contribution in [3.63, 3.8) is 0 Å². The minimum Gasteiger partial charge on any atom is -0.488 e. The Kier molecular flexibility index (Phi) is 7.43. The highest BCUT2D eigenvalue weighted by Crippen LogP contribution is 2.30. The Labute approximate surface area is 179 Å². The van der Waals surface area contributed by atoms with Crippen molar-refractivity contribution in [1.29, 1.82) is 0 Å². The molecule has 156 valence electrons. The van der Waals surface area contributed by atoms with Gasteiger partial charge >= 0.3 is 0 Å². The summed E-state index contributed by atoms with van der Waals surface area (Å²) in [5.74, 6) is -0.806. The molecule has 30 heavy (non-hydrogen) atoms. The van der Waals surface area contributed by atoms with Crippen LogP contribution in [0, 0.1) is 19.7 Å². The number of rotatable bonds is 8. The molecule has 5 nitrogen and oxygen atoms in total. The van der Waals surface area contributed by atoms with Crippen LogP contribution in [-0.2, 0) is 4.74 Å². The van der Waals surface area contributed by atoms with E-state index >= 15 is 0 Å². The van der Waals surface area contributed by atoms with E-state index in [1.165, 1.54) is 35.0 Å². The summed E-state index contributed by atoms with van der Waals surface area (Å²) >= 11 is 1.41. The Morgan fingerprint density at radius 2 is 1.93 bits per heavy atom. The van der Waals surface area contributed by atoms with Crippen LogP contribution in [0.2, 0.25) is 0 Å². The topological polar surface area (TPSA) is 60.5 Å². The number of ether oxygens (including phenoxy) is 2. The summed E-state index contributed by atoms with van der Waals surface area (Å²) in [5.41, 5.74) is 3.13. The molecule has 0 aliphatic carbocycles. The van der Waals surface area contributed by atoms with Gasteiger partial charge in [-0.1, -0.05) is 17.8 Å². The van der Waals surface area contributed by atoms with Gasteiger partial charge < -0.3 is 14.8 Å². The molecule has 3 rings (SSSR count). The Balaban J connectivity index is 1.74. The smallest absolute Gasteiger partial charge is 0.258 e. The molecular weight excluding hydrogens is 403 g/mol. The zero-order valence-electron chi connectivity index (χ0n) is 17.1. The molecule has 0 bridgehead atoms. The van der Waals surface area contributed by atoms with Crippen molar-refractivity contribution in [3.05, 3.63) is 77.2 Å². The van der Waals surface area contributed by atoms with Crippen LogP contribution >= 0.6 is 11.8 Å². The van der Waals surface area contributed by atoms with Crippen molar-refractivity contribution in [1.82, 2.24) is 4.98 Å². The number of aryl methyl sites for hydroxylation is 2. The zero-order chi connectivity index (χ0) is 21.5. The maximum atomic E-state index is 14.2. The average molecular weight is 427 g/mol. The third kappa shape index (κ3) is 5.58. The maximum Gasteiger partial charge on any atom is 0.258 e. The van der Waals surface area contributed by atoms with Gasteiger partial charge in [-0.05, 0) is 61.4 Å². The second-order valence-electron chi connectivity index (χ2n) is 6.64. The second kappa shape index (κ2) is 10.2. The third-order valence-electron chi connectivity index (χ3n) is 4.44. The number of benzene rings is 2. The summed E-state index contributed by atoms with van der Waals surface area (Å²) in [6, 6.07) is 13.8. The van der Waals surface area contributed by atoms with Gasteiger partial charge in [0.05, 0.1) is 12.2 Å². The van der Waals surface area contributed by atoms with Crippen LogP contribution in [0.5, 0.6) is 5.75 Å². The first-order valence-corrected chi connectivity index (χ1v) is 10.2. The lowest BCUT2D eigenvalue weighted by Gasteiger charge is -2.11. The Hall–Kier alpha value is -2.90. The van der Waals surface area contributed by atoms with Gasteiger partial charge in [-0.15, -0.1) is 0 Å². The number of nitrogens with zero attached hydrogens (tertiary/aromatic N) is 1. The summed E-state index contributed by atoms with van der Waals surface area (Å²) < 4.78 is 24.4. The molecule has 2 aromatic carbocycles. The highest BCUT2D eigenvalue weighted by molar-refractivity contribution is 7.99. The molecule has 1 heterocycles. The van der Waals surface area contributed by atoms with Gasteiger partial charge in [0.15, 0.2) is 11.6 Å². The van der Waals surface area contributed by atoms with E-state index in [-0.39, 0.29) is 18.3 Å². The predicted molar refractivity (Wildman–Crippen MR) is 116 cm³/mol. The van der Waals surface area contributed by atoms with Crippen molar-refractivity contribution in [2.75, 3.05) is 25.6 Å². The predicted octanol–water partition coefficient (Wildman–Crippen LogP) is 5.27. The van der Waals surface area contributed by atoms with Crippen molar-refractivity contribution in [3.8, 4) is 5.75 Å². The number of nitrogens with one attached hydrogen (secondary N) is 1. The average Bonchev–Trinajstić information content (AvgIpc) is 2.73. The van der Waals surface area contributed by atoms with Crippen LogP contribution in [0.15, 0.2) is 64.6 Å². The number of hydrogen-bond acceptors (Lipinski definition) is 5. The lowest BCUT2D eigenvalue weighted by Crippen LogP contribution is -2.14. The quantitative estimate of drug-likeness (QED) is 0.498. The van der Waals surface area contributed by atoms with Gasteiger partial charge in [-0.25, -0.2) is 9.37 Å². The summed E-state index contributed by atoms with van der Waals surface area (Å²) in [6.07, 6.45) is 1.64. The number of anilines is 1. The molecule has 1 amide bonds. The number of amides is 1. The van der Waals surface area contributed by atoms with Gasteiger partial charge in [0, 0.05) is 30.0 Å². The highest BCUT2D eigenvalue weighted by Gasteiger charge is 2.15. The summed E-state index contributed by atoms with van der Waals surface area (Å²) in [7, 11) is 1.54. The van der Waals surface area contributed by atoms with Gasteiger partial charge in [0.1, 0.15) is 11.6 Å². The molecule has 0 aliphatic rings. The van der Waals surface area contributed by atoms with Crippen LogP contribution in [0.4, 0.5) is 10.1 Å². The molecule has 0 spiro atoms. The molecular formula is C23H23FN2O3S. The van der Waals surface area contributed by atoms with Crippen LogP contribution < -0.4 is 10.1 Å². The van der Waals surface area contributed by atoms with Crippen LogP contribution in [0.25, 0.3) is 0 Å². The fourth-order valence-corrected chi connectivity index (χ4v) is 3.64. The number of carbonyl (C=O) groups excluding carboxylic acids is 1. The second-order valence-corrected chi connectivity index (χ2v) is 7.71. The highest BCUT2D eigenvalue weighted by atomic mass is 32.2. The monoisotopic (exact) mass is 426 g/mol. The zero-order valence-corrected chi connectivity index (χ0v) is 17.9. The van der Waals surface area contributed by atoms with Gasteiger partial charge in [-0.2, -0.15) is 0 Å². The number of aromatic nitrogens is 1. The van der Waals surface area contributed by atoms with E-state index in [1.54, 1.807) is 31.5 Å². The lowest BCUT2D eigenvalue weighted by atomic mass is 10.1. The molecule has 0 atom stereocenters. The van der Waals surface area contributed by atoms with Gasteiger partial charge in [-0.3, -0.25) is 4.79 Å². The minimum atomic E-state index is -0.556. The van der Waals surface area contributed by atoms with Crippen molar-refractivity contribution in [2.45, 2.75) is 23.8 Å². The molecule has 1 N–H and O–H groups in total. The van der Waals surface area contributed by atoms with E-state index in [9.17, 15) is 9.18 Å². The van der Waals surface area contributed by atoms with Crippen molar-refractivity contribution >= 4 is 23.4 Å². The Bertz CT molecular complexity index is 1040. The molecule has 3 aromatic rings. The first-order chi connectivity index (χ1) is 14.5. The first kappa shape index (κ1) is 21.8. The fraction of sp³-hybridized carbons (Fsp3) is 0.217. The molecule has 0 aliphatic heterocycles. The van der Waals surface area contributed by atoms with E-state index in [4.69, 9.17) is 9.47 Å². The molecule has 7 heteroatoms. The van der Waals surface area contributed by atoms with Crippen molar-refractivity contribution < 1.29 is 18.7 Å².